The molecule has 2 aromatic rings. The van der Waals surface area contributed by atoms with Crippen LogP contribution < -0.4 is 5.32 Å². The molecule has 0 radical (unpaired) electrons. The minimum atomic E-state index is -0.510. The van der Waals surface area contributed by atoms with E-state index in [1.165, 1.54) is 12.1 Å². The van der Waals surface area contributed by atoms with Crippen molar-refractivity contribution in [1.82, 2.24) is 15.2 Å². The van der Waals surface area contributed by atoms with E-state index in [4.69, 9.17) is 0 Å². The minimum absolute atomic E-state index is 0.0122. The second-order valence-corrected chi connectivity index (χ2v) is 6.13. The fraction of sp³-hybridized carbons (Fsp3) is 0.316. The molecule has 1 N–H and O–H groups in total. The number of likely N-dealkylation sites (tertiary alicyclic amines) is 1. The number of hydrogen-bond acceptors (Lipinski definition) is 3. The largest absolute Gasteiger partial charge is 0.352 e. The number of carbonyl (C=O) groups excluding carboxylic acids is 2. The van der Waals surface area contributed by atoms with Gasteiger partial charge in [0.15, 0.2) is 0 Å². The van der Waals surface area contributed by atoms with Gasteiger partial charge in [-0.2, -0.15) is 0 Å². The topological polar surface area (TPSA) is 62.3 Å². The van der Waals surface area contributed by atoms with Gasteiger partial charge in [-0.1, -0.05) is 18.2 Å². The molecule has 1 fully saturated rings. The number of carbonyl (C=O) groups is 2. The van der Waals surface area contributed by atoms with Crippen molar-refractivity contribution >= 4 is 11.8 Å². The molecule has 0 spiro atoms. The Morgan fingerprint density at radius 3 is 2.60 bits per heavy atom. The van der Waals surface area contributed by atoms with Crippen molar-refractivity contribution in [3.05, 3.63) is 65.7 Å². The number of aromatic nitrogens is 1. The molecule has 130 valence electrons. The number of amides is 2. The van der Waals surface area contributed by atoms with Crippen molar-refractivity contribution in [3.63, 3.8) is 0 Å². The molecule has 0 bridgehead atoms. The van der Waals surface area contributed by atoms with Gasteiger partial charge in [0, 0.05) is 37.9 Å². The monoisotopic (exact) mass is 341 g/mol. The summed E-state index contributed by atoms with van der Waals surface area (Å²) in [4.78, 5) is 30.3. The lowest BCUT2D eigenvalue weighted by molar-refractivity contribution is -0.126. The Balaban J connectivity index is 1.50. The van der Waals surface area contributed by atoms with Crippen LogP contribution in [0.3, 0.4) is 0 Å². The Bertz CT molecular complexity index is 743. The summed E-state index contributed by atoms with van der Waals surface area (Å²) in [6.45, 7) is 1.36. The lowest BCUT2D eigenvalue weighted by Crippen LogP contribution is -2.43. The predicted octanol–water partition coefficient (Wildman–Crippen LogP) is 2.39. The van der Waals surface area contributed by atoms with E-state index in [1.54, 1.807) is 29.4 Å². The summed E-state index contributed by atoms with van der Waals surface area (Å²) >= 11 is 0. The first-order valence-corrected chi connectivity index (χ1v) is 8.35. The Kier molecular flexibility index (Phi) is 5.38. The standard InChI is InChI=1S/C19H20FN3O2/c20-17-6-2-1-5-16(17)19(25)23-10-7-15(8-11-23)18(24)22-13-14-4-3-9-21-12-14/h1-6,9,12,15H,7-8,10-11,13H2,(H,22,24). The molecule has 1 aromatic carbocycles. The van der Waals surface area contributed by atoms with Crippen molar-refractivity contribution in [1.29, 1.82) is 0 Å². The molecule has 1 saturated heterocycles. The van der Waals surface area contributed by atoms with E-state index in [-0.39, 0.29) is 23.3 Å². The van der Waals surface area contributed by atoms with Gasteiger partial charge < -0.3 is 10.2 Å². The molecule has 0 atom stereocenters. The van der Waals surface area contributed by atoms with Crippen molar-refractivity contribution in [3.8, 4) is 0 Å². The molecule has 1 aromatic heterocycles. The van der Waals surface area contributed by atoms with Gasteiger partial charge >= 0.3 is 0 Å². The van der Waals surface area contributed by atoms with Crippen LogP contribution in [0.4, 0.5) is 4.39 Å². The van der Waals surface area contributed by atoms with Crippen LogP contribution in [0.15, 0.2) is 48.8 Å². The third kappa shape index (κ3) is 4.21. The number of piperidine rings is 1. The molecule has 0 saturated carbocycles. The normalized spacial score (nSPS) is 15.0. The minimum Gasteiger partial charge on any atom is -0.352 e. The predicted molar refractivity (Wildman–Crippen MR) is 91.1 cm³/mol. The van der Waals surface area contributed by atoms with Gasteiger partial charge in [0.25, 0.3) is 5.91 Å². The third-order valence-electron chi connectivity index (χ3n) is 4.45. The molecule has 25 heavy (non-hydrogen) atoms. The molecule has 5 nitrogen and oxygen atoms in total. The maximum atomic E-state index is 13.7. The van der Waals surface area contributed by atoms with Gasteiger partial charge in [0.2, 0.25) is 5.91 Å². The average molecular weight is 341 g/mol. The van der Waals surface area contributed by atoms with Crippen LogP contribution in [0.25, 0.3) is 0 Å². The number of nitrogens with zero attached hydrogens (tertiary/aromatic N) is 2. The highest BCUT2D eigenvalue weighted by Gasteiger charge is 2.28. The highest BCUT2D eigenvalue weighted by atomic mass is 19.1. The molecule has 2 amide bonds. The lowest BCUT2D eigenvalue weighted by atomic mass is 9.95. The summed E-state index contributed by atoms with van der Waals surface area (Å²) < 4.78 is 13.7. The van der Waals surface area contributed by atoms with Crippen molar-refractivity contribution in [2.45, 2.75) is 19.4 Å². The molecule has 1 aliphatic rings. The van der Waals surface area contributed by atoms with E-state index in [2.05, 4.69) is 10.3 Å². The van der Waals surface area contributed by atoms with Crippen LogP contribution in [0.1, 0.15) is 28.8 Å². The SMILES string of the molecule is O=C(NCc1cccnc1)C1CCN(C(=O)c2ccccc2F)CC1. The summed E-state index contributed by atoms with van der Waals surface area (Å²) in [6, 6.07) is 9.72. The average Bonchev–Trinajstić information content (AvgIpc) is 2.67. The second kappa shape index (κ2) is 7.88. The van der Waals surface area contributed by atoms with Crippen molar-refractivity contribution in [2.75, 3.05) is 13.1 Å². The maximum absolute atomic E-state index is 13.7. The Hall–Kier alpha value is -2.76. The number of halogens is 1. The van der Waals surface area contributed by atoms with Gasteiger partial charge in [-0.25, -0.2) is 4.39 Å². The fourth-order valence-corrected chi connectivity index (χ4v) is 2.99. The van der Waals surface area contributed by atoms with E-state index in [0.717, 1.165) is 5.56 Å². The van der Waals surface area contributed by atoms with E-state index >= 15 is 0 Å². The van der Waals surface area contributed by atoms with Crippen molar-refractivity contribution < 1.29 is 14.0 Å². The molecule has 3 rings (SSSR count). The molecular weight excluding hydrogens is 321 g/mol. The lowest BCUT2D eigenvalue weighted by Gasteiger charge is -2.31. The summed E-state index contributed by atoms with van der Waals surface area (Å²) in [6.07, 6.45) is 4.57. The van der Waals surface area contributed by atoms with Crippen LogP contribution in [-0.2, 0) is 11.3 Å². The maximum Gasteiger partial charge on any atom is 0.256 e. The van der Waals surface area contributed by atoms with Gasteiger partial charge in [0.1, 0.15) is 5.82 Å². The highest BCUT2D eigenvalue weighted by Crippen LogP contribution is 2.20. The van der Waals surface area contributed by atoms with E-state index in [1.807, 2.05) is 12.1 Å². The fourth-order valence-electron chi connectivity index (χ4n) is 2.99. The van der Waals surface area contributed by atoms with Crippen LogP contribution >= 0.6 is 0 Å². The zero-order valence-electron chi connectivity index (χ0n) is 13.8. The first-order chi connectivity index (χ1) is 12.1. The van der Waals surface area contributed by atoms with Gasteiger partial charge in [-0.15, -0.1) is 0 Å². The number of benzene rings is 1. The number of pyridine rings is 1. The zero-order chi connectivity index (χ0) is 17.6. The van der Waals surface area contributed by atoms with Crippen molar-refractivity contribution in [2.24, 2.45) is 5.92 Å². The number of nitrogens with one attached hydrogen (secondary N) is 1. The summed E-state index contributed by atoms with van der Waals surface area (Å²) in [5.74, 6) is -0.959. The third-order valence-corrected chi connectivity index (χ3v) is 4.45. The van der Waals surface area contributed by atoms with Crippen LogP contribution in [0.2, 0.25) is 0 Å². The molecule has 6 heteroatoms. The Labute approximate surface area is 145 Å². The second-order valence-electron chi connectivity index (χ2n) is 6.13. The van der Waals surface area contributed by atoms with E-state index < -0.39 is 5.82 Å². The first kappa shape index (κ1) is 17.1. The first-order valence-electron chi connectivity index (χ1n) is 8.35. The van der Waals surface area contributed by atoms with Gasteiger partial charge in [0.05, 0.1) is 5.56 Å². The summed E-state index contributed by atoms with van der Waals surface area (Å²) in [5, 5.41) is 2.91. The van der Waals surface area contributed by atoms with Gasteiger partial charge in [-0.3, -0.25) is 14.6 Å². The summed E-state index contributed by atoms with van der Waals surface area (Å²) in [5.41, 5.74) is 1.03. The highest BCUT2D eigenvalue weighted by molar-refractivity contribution is 5.94. The zero-order valence-corrected chi connectivity index (χ0v) is 13.8. The van der Waals surface area contributed by atoms with Gasteiger partial charge in [-0.05, 0) is 36.6 Å². The number of hydrogen-bond donors (Lipinski definition) is 1. The smallest absolute Gasteiger partial charge is 0.256 e. The summed E-state index contributed by atoms with van der Waals surface area (Å²) in [7, 11) is 0. The molecule has 1 aliphatic heterocycles. The van der Waals surface area contributed by atoms with E-state index in [9.17, 15) is 14.0 Å². The van der Waals surface area contributed by atoms with Crippen LogP contribution in [-0.4, -0.2) is 34.8 Å². The molecular formula is C19H20FN3O2. The van der Waals surface area contributed by atoms with Crippen LogP contribution in [0, 0.1) is 11.7 Å². The Morgan fingerprint density at radius 1 is 1.16 bits per heavy atom. The molecule has 0 unspecified atom stereocenters. The molecule has 2 heterocycles. The van der Waals surface area contributed by atoms with Crippen LogP contribution in [0.5, 0.6) is 0 Å². The molecule has 0 aliphatic carbocycles. The Morgan fingerprint density at radius 2 is 1.92 bits per heavy atom. The van der Waals surface area contributed by atoms with E-state index in [0.29, 0.717) is 32.5 Å². The quantitative estimate of drug-likeness (QED) is 0.929. The number of rotatable bonds is 4.